The van der Waals surface area contributed by atoms with Gasteiger partial charge in [-0.1, -0.05) is 6.92 Å². The van der Waals surface area contributed by atoms with Crippen molar-refractivity contribution in [3.05, 3.63) is 0 Å². The highest BCUT2D eigenvalue weighted by Crippen LogP contribution is 2.41. The van der Waals surface area contributed by atoms with Crippen molar-refractivity contribution in [2.45, 2.75) is 44.6 Å². The summed E-state index contributed by atoms with van der Waals surface area (Å²) in [6.45, 7) is 4.30. The average molecular weight is 182 g/mol. The summed E-state index contributed by atoms with van der Waals surface area (Å²) >= 11 is 0. The molecule has 0 aromatic rings. The molecule has 2 heteroatoms. The highest BCUT2D eigenvalue weighted by atomic mass is 15.0. The quantitative estimate of drug-likeness (QED) is 0.653. The summed E-state index contributed by atoms with van der Waals surface area (Å²) < 4.78 is 0. The van der Waals surface area contributed by atoms with Crippen LogP contribution in [0.15, 0.2) is 0 Å². The van der Waals surface area contributed by atoms with Crippen LogP contribution >= 0.6 is 0 Å². The maximum atomic E-state index is 5.90. The van der Waals surface area contributed by atoms with Crippen molar-refractivity contribution < 1.29 is 0 Å². The minimum absolute atomic E-state index is 0.294. The summed E-state index contributed by atoms with van der Waals surface area (Å²) in [6.07, 6.45) is 6.84. The molecule has 0 heterocycles. The summed E-state index contributed by atoms with van der Waals surface area (Å²) in [5, 5.41) is 3.73. The molecule has 1 atom stereocenters. The second-order valence-corrected chi connectivity index (χ2v) is 4.81. The molecule has 1 unspecified atom stereocenters. The fourth-order valence-corrected chi connectivity index (χ4v) is 2.25. The molecule has 76 valence electrons. The summed E-state index contributed by atoms with van der Waals surface area (Å²) in [4.78, 5) is 0. The van der Waals surface area contributed by atoms with Crippen molar-refractivity contribution in [1.29, 1.82) is 0 Å². The van der Waals surface area contributed by atoms with E-state index < -0.39 is 0 Å². The summed E-state index contributed by atoms with van der Waals surface area (Å²) in [7, 11) is 0. The van der Waals surface area contributed by atoms with Gasteiger partial charge in [-0.05, 0) is 50.5 Å². The number of hydrogen-bond donors (Lipinski definition) is 2. The van der Waals surface area contributed by atoms with E-state index in [1.54, 1.807) is 0 Å². The van der Waals surface area contributed by atoms with Gasteiger partial charge in [0.2, 0.25) is 0 Å². The smallest absolute Gasteiger partial charge is 0.0329 e. The number of nitrogens with one attached hydrogen (secondary N) is 1. The molecule has 0 amide bonds. The van der Waals surface area contributed by atoms with E-state index in [4.69, 9.17) is 5.73 Å². The molecule has 0 aromatic carbocycles. The Balaban J connectivity index is 1.85. The first-order valence-electron chi connectivity index (χ1n) is 5.76. The normalized spacial score (nSPS) is 27.2. The van der Waals surface area contributed by atoms with Crippen LogP contribution in [0, 0.1) is 11.8 Å². The lowest BCUT2D eigenvalue weighted by Gasteiger charge is -2.33. The molecule has 3 N–H and O–H groups in total. The molecule has 2 fully saturated rings. The first-order valence-corrected chi connectivity index (χ1v) is 5.76. The second kappa shape index (κ2) is 3.58. The van der Waals surface area contributed by atoms with Gasteiger partial charge in [0.1, 0.15) is 0 Å². The summed E-state index contributed by atoms with van der Waals surface area (Å²) in [5.74, 6) is 1.84. The molecule has 2 aliphatic carbocycles. The molecule has 0 spiro atoms. The van der Waals surface area contributed by atoms with E-state index in [-0.39, 0.29) is 0 Å². The largest absolute Gasteiger partial charge is 0.329 e. The fourth-order valence-electron chi connectivity index (χ4n) is 2.25. The molecule has 2 saturated carbocycles. The van der Waals surface area contributed by atoms with Gasteiger partial charge < -0.3 is 11.1 Å². The molecule has 0 aromatic heterocycles. The van der Waals surface area contributed by atoms with Gasteiger partial charge in [0.05, 0.1) is 0 Å². The van der Waals surface area contributed by atoms with E-state index in [0.29, 0.717) is 5.54 Å². The van der Waals surface area contributed by atoms with Gasteiger partial charge in [0.15, 0.2) is 0 Å². The van der Waals surface area contributed by atoms with Crippen LogP contribution in [-0.2, 0) is 0 Å². The SMILES string of the molecule is CCC(CN)(NCC1CC1)C1CC1. The lowest BCUT2D eigenvalue weighted by atomic mass is 9.90. The van der Waals surface area contributed by atoms with Crippen molar-refractivity contribution >= 4 is 0 Å². The molecule has 0 saturated heterocycles. The topological polar surface area (TPSA) is 38.0 Å². The second-order valence-electron chi connectivity index (χ2n) is 4.81. The Morgan fingerprint density at radius 2 is 2.00 bits per heavy atom. The number of rotatable bonds is 6. The van der Waals surface area contributed by atoms with Gasteiger partial charge in [0.25, 0.3) is 0 Å². The van der Waals surface area contributed by atoms with Crippen LogP contribution in [0.2, 0.25) is 0 Å². The van der Waals surface area contributed by atoms with Gasteiger partial charge in [0, 0.05) is 12.1 Å². The van der Waals surface area contributed by atoms with Crippen LogP contribution < -0.4 is 11.1 Å². The third kappa shape index (κ3) is 2.05. The van der Waals surface area contributed by atoms with Crippen molar-refractivity contribution in [3.8, 4) is 0 Å². The Morgan fingerprint density at radius 3 is 2.38 bits per heavy atom. The lowest BCUT2D eigenvalue weighted by molar-refractivity contribution is 0.275. The molecular formula is C11H22N2. The van der Waals surface area contributed by atoms with Crippen LogP contribution in [0.5, 0.6) is 0 Å². The van der Waals surface area contributed by atoms with Crippen LogP contribution in [-0.4, -0.2) is 18.6 Å². The van der Waals surface area contributed by atoms with Gasteiger partial charge in [-0.3, -0.25) is 0 Å². The maximum absolute atomic E-state index is 5.90. The standard InChI is InChI=1S/C11H22N2/c1-2-11(8-12,10-5-6-10)13-7-9-3-4-9/h9-10,13H,2-8,12H2,1H3. The zero-order valence-electron chi connectivity index (χ0n) is 8.68. The van der Waals surface area contributed by atoms with E-state index in [0.717, 1.165) is 18.4 Å². The highest BCUT2D eigenvalue weighted by Gasteiger charge is 2.43. The van der Waals surface area contributed by atoms with Crippen molar-refractivity contribution in [1.82, 2.24) is 5.32 Å². The summed E-state index contributed by atoms with van der Waals surface area (Å²) in [5.41, 5.74) is 6.20. The van der Waals surface area contributed by atoms with Crippen LogP contribution in [0.3, 0.4) is 0 Å². The van der Waals surface area contributed by atoms with Gasteiger partial charge >= 0.3 is 0 Å². The van der Waals surface area contributed by atoms with Crippen molar-refractivity contribution in [2.24, 2.45) is 17.6 Å². The van der Waals surface area contributed by atoms with Crippen molar-refractivity contribution in [2.75, 3.05) is 13.1 Å². The third-order valence-electron chi connectivity index (χ3n) is 3.79. The van der Waals surface area contributed by atoms with Gasteiger partial charge in [-0.15, -0.1) is 0 Å². The molecule has 2 rings (SSSR count). The minimum Gasteiger partial charge on any atom is -0.329 e. The molecular weight excluding hydrogens is 160 g/mol. The number of nitrogens with two attached hydrogens (primary N) is 1. The molecule has 0 radical (unpaired) electrons. The molecule has 2 aliphatic rings. The monoisotopic (exact) mass is 182 g/mol. The molecule has 0 bridgehead atoms. The van der Waals surface area contributed by atoms with Crippen molar-refractivity contribution in [3.63, 3.8) is 0 Å². The predicted octanol–water partition coefficient (Wildman–Crippen LogP) is 1.50. The lowest BCUT2D eigenvalue weighted by Crippen LogP contribution is -2.53. The van der Waals surface area contributed by atoms with E-state index >= 15 is 0 Å². The van der Waals surface area contributed by atoms with E-state index in [9.17, 15) is 0 Å². The minimum atomic E-state index is 0.294. The Kier molecular flexibility index (Phi) is 2.61. The summed E-state index contributed by atoms with van der Waals surface area (Å²) in [6, 6.07) is 0. The average Bonchev–Trinajstić information content (AvgIpc) is 3.02. The first kappa shape index (κ1) is 9.47. The van der Waals surface area contributed by atoms with E-state index in [2.05, 4.69) is 12.2 Å². The molecule has 2 nitrogen and oxygen atoms in total. The Morgan fingerprint density at radius 1 is 1.31 bits per heavy atom. The fraction of sp³-hybridized carbons (Fsp3) is 1.00. The Hall–Kier alpha value is -0.0800. The molecule has 13 heavy (non-hydrogen) atoms. The van der Waals surface area contributed by atoms with Gasteiger partial charge in [-0.25, -0.2) is 0 Å². The van der Waals surface area contributed by atoms with E-state index in [1.165, 1.54) is 38.6 Å². The first-order chi connectivity index (χ1) is 6.30. The Labute approximate surface area is 81.3 Å². The third-order valence-corrected chi connectivity index (χ3v) is 3.79. The Bertz CT molecular complexity index is 167. The maximum Gasteiger partial charge on any atom is 0.0329 e. The zero-order chi connectivity index (χ0) is 9.31. The van der Waals surface area contributed by atoms with Crippen LogP contribution in [0.1, 0.15) is 39.0 Å². The van der Waals surface area contributed by atoms with Crippen LogP contribution in [0.25, 0.3) is 0 Å². The van der Waals surface area contributed by atoms with Crippen LogP contribution in [0.4, 0.5) is 0 Å². The van der Waals surface area contributed by atoms with E-state index in [1.807, 2.05) is 0 Å². The zero-order valence-corrected chi connectivity index (χ0v) is 8.68. The molecule has 0 aliphatic heterocycles. The van der Waals surface area contributed by atoms with Gasteiger partial charge in [-0.2, -0.15) is 0 Å². The predicted molar refractivity (Wildman–Crippen MR) is 55.5 cm³/mol. The number of hydrogen-bond acceptors (Lipinski definition) is 2. The highest BCUT2D eigenvalue weighted by molar-refractivity contribution is 5.01.